The first-order valence-electron chi connectivity index (χ1n) is 7.45. The molecule has 0 aromatic heterocycles. The van der Waals surface area contributed by atoms with Crippen molar-refractivity contribution >= 4 is 17.7 Å². The van der Waals surface area contributed by atoms with Crippen LogP contribution < -0.4 is 5.32 Å². The normalized spacial score (nSPS) is 12.4. The molecule has 1 aromatic carbocycles. The van der Waals surface area contributed by atoms with Crippen LogP contribution in [0.5, 0.6) is 0 Å². The number of halogens is 1. The van der Waals surface area contributed by atoms with E-state index < -0.39 is 6.09 Å². The summed E-state index contributed by atoms with van der Waals surface area (Å²) in [6.07, 6.45) is 0.798. The quantitative estimate of drug-likeness (QED) is 0.684. The van der Waals surface area contributed by atoms with Crippen LogP contribution in [0.25, 0.3) is 0 Å². The minimum absolute atomic E-state index is 0.0990. The Hall–Kier alpha value is -1.30. The molecule has 124 valence electrons. The van der Waals surface area contributed by atoms with Gasteiger partial charge in [0.2, 0.25) is 0 Å². The summed E-state index contributed by atoms with van der Waals surface area (Å²) in [7, 11) is 5.70. The molecule has 0 aliphatic rings. The molecule has 0 aliphatic heterocycles. The standard InChI is InChI=1S/C16H26ClN3O2/c1-19(2)10-4-9-18-12-15(20(3)16(21)22)11-13-5-7-14(17)8-6-13/h5-8,15,18H,4,9-12H2,1-3H3,(H,21,22). The third-order valence-electron chi connectivity index (χ3n) is 3.57. The largest absolute Gasteiger partial charge is 0.465 e. The van der Waals surface area contributed by atoms with Crippen molar-refractivity contribution in [3.8, 4) is 0 Å². The zero-order valence-corrected chi connectivity index (χ0v) is 14.3. The minimum atomic E-state index is -0.908. The number of likely N-dealkylation sites (N-methyl/N-ethyl adjacent to an activating group) is 1. The third-order valence-corrected chi connectivity index (χ3v) is 3.82. The van der Waals surface area contributed by atoms with E-state index in [9.17, 15) is 9.90 Å². The van der Waals surface area contributed by atoms with Crippen LogP contribution in [-0.4, -0.2) is 67.8 Å². The summed E-state index contributed by atoms with van der Waals surface area (Å²) in [6, 6.07) is 7.45. The zero-order chi connectivity index (χ0) is 16.5. The number of amides is 1. The van der Waals surface area contributed by atoms with Gasteiger partial charge in [0.1, 0.15) is 0 Å². The van der Waals surface area contributed by atoms with Gasteiger partial charge in [0, 0.05) is 18.6 Å². The number of carbonyl (C=O) groups is 1. The molecule has 0 fully saturated rings. The predicted molar refractivity (Wildman–Crippen MR) is 90.8 cm³/mol. The molecule has 1 aromatic rings. The average Bonchev–Trinajstić information content (AvgIpc) is 2.46. The number of hydrogen-bond donors (Lipinski definition) is 2. The molecule has 1 amide bonds. The number of nitrogens with zero attached hydrogens (tertiary/aromatic N) is 2. The van der Waals surface area contributed by atoms with E-state index >= 15 is 0 Å². The molecule has 6 heteroatoms. The Morgan fingerprint density at radius 2 is 1.91 bits per heavy atom. The lowest BCUT2D eigenvalue weighted by atomic mass is 10.0. The van der Waals surface area contributed by atoms with Gasteiger partial charge in [0.05, 0.1) is 6.04 Å². The highest BCUT2D eigenvalue weighted by Gasteiger charge is 2.19. The fourth-order valence-electron chi connectivity index (χ4n) is 2.18. The molecule has 0 saturated carbocycles. The molecule has 0 aliphatic carbocycles. The molecule has 1 unspecified atom stereocenters. The van der Waals surface area contributed by atoms with Gasteiger partial charge in [-0.05, 0) is 57.7 Å². The van der Waals surface area contributed by atoms with E-state index in [-0.39, 0.29) is 6.04 Å². The fraction of sp³-hybridized carbons (Fsp3) is 0.562. The summed E-state index contributed by atoms with van der Waals surface area (Å²) in [5.41, 5.74) is 1.08. The van der Waals surface area contributed by atoms with Crippen molar-refractivity contribution < 1.29 is 9.90 Å². The zero-order valence-electron chi connectivity index (χ0n) is 13.6. The van der Waals surface area contributed by atoms with Gasteiger partial charge in [-0.15, -0.1) is 0 Å². The first-order valence-corrected chi connectivity index (χ1v) is 7.83. The van der Waals surface area contributed by atoms with Gasteiger partial charge >= 0.3 is 6.09 Å². The highest BCUT2D eigenvalue weighted by molar-refractivity contribution is 6.30. The topological polar surface area (TPSA) is 55.8 Å². The van der Waals surface area contributed by atoms with E-state index in [1.54, 1.807) is 7.05 Å². The van der Waals surface area contributed by atoms with Crippen LogP contribution in [0, 0.1) is 0 Å². The number of nitrogens with one attached hydrogen (secondary N) is 1. The van der Waals surface area contributed by atoms with Crippen molar-refractivity contribution in [2.75, 3.05) is 40.8 Å². The Morgan fingerprint density at radius 3 is 2.45 bits per heavy atom. The van der Waals surface area contributed by atoms with E-state index in [4.69, 9.17) is 11.6 Å². The molecule has 0 heterocycles. The van der Waals surface area contributed by atoms with Gasteiger partial charge < -0.3 is 20.2 Å². The van der Waals surface area contributed by atoms with Crippen molar-refractivity contribution in [1.82, 2.24) is 15.1 Å². The fourth-order valence-corrected chi connectivity index (χ4v) is 2.31. The second kappa shape index (κ2) is 9.66. The Labute approximate surface area is 137 Å². The summed E-state index contributed by atoms with van der Waals surface area (Å²) in [5.74, 6) is 0. The van der Waals surface area contributed by atoms with E-state index in [1.807, 2.05) is 38.4 Å². The van der Waals surface area contributed by atoms with Crippen molar-refractivity contribution in [2.45, 2.75) is 18.9 Å². The van der Waals surface area contributed by atoms with E-state index in [0.717, 1.165) is 25.1 Å². The van der Waals surface area contributed by atoms with E-state index in [2.05, 4.69) is 10.2 Å². The Kier molecular flexibility index (Phi) is 8.24. The van der Waals surface area contributed by atoms with Crippen LogP contribution in [0.2, 0.25) is 5.02 Å². The smallest absolute Gasteiger partial charge is 0.407 e. The molecular formula is C16H26ClN3O2. The second-order valence-corrected chi connectivity index (χ2v) is 6.18. The molecule has 0 saturated heterocycles. The predicted octanol–water partition coefficient (Wildman–Crippen LogP) is 2.40. The highest BCUT2D eigenvalue weighted by Crippen LogP contribution is 2.13. The van der Waals surface area contributed by atoms with E-state index in [1.165, 1.54) is 4.90 Å². The molecule has 0 bridgehead atoms. The first kappa shape index (κ1) is 18.7. The average molecular weight is 328 g/mol. The summed E-state index contributed by atoms with van der Waals surface area (Å²) in [4.78, 5) is 14.7. The maximum atomic E-state index is 11.2. The molecule has 0 spiro atoms. The molecule has 0 radical (unpaired) electrons. The molecule has 5 nitrogen and oxygen atoms in total. The summed E-state index contributed by atoms with van der Waals surface area (Å²) >= 11 is 5.88. The van der Waals surface area contributed by atoms with Crippen molar-refractivity contribution in [3.05, 3.63) is 34.9 Å². The Morgan fingerprint density at radius 1 is 1.27 bits per heavy atom. The van der Waals surface area contributed by atoms with Crippen molar-refractivity contribution in [3.63, 3.8) is 0 Å². The molecule has 22 heavy (non-hydrogen) atoms. The lowest BCUT2D eigenvalue weighted by molar-refractivity contribution is 0.137. The van der Waals surface area contributed by atoms with Crippen LogP contribution in [0.3, 0.4) is 0 Å². The molecule has 1 atom stereocenters. The Bertz CT molecular complexity index is 451. The van der Waals surface area contributed by atoms with Crippen LogP contribution in [0.1, 0.15) is 12.0 Å². The van der Waals surface area contributed by atoms with E-state index in [0.29, 0.717) is 18.0 Å². The molecule has 2 N–H and O–H groups in total. The second-order valence-electron chi connectivity index (χ2n) is 5.74. The maximum absolute atomic E-state index is 11.2. The number of rotatable bonds is 9. The van der Waals surface area contributed by atoms with Gasteiger partial charge in [-0.2, -0.15) is 0 Å². The number of hydrogen-bond acceptors (Lipinski definition) is 3. The van der Waals surface area contributed by atoms with Gasteiger partial charge in [0.15, 0.2) is 0 Å². The van der Waals surface area contributed by atoms with Crippen molar-refractivity contribution in [1.29, 1.82) is 0 Å². The van der Waals surface area contributed by atoms with Gasteiger partial charge in [0.25, 0.3) is 0 Å². The van der Waals surface area contributed by atoms with Crippen LogP contribution in [0.4, 0.5) is 4.79 Å². The minimum Gasteiger partial charge on any atom is -0.465 e. The van der Waals surface area contributed by atoms with Gasteiger partial charge in [-0.25, -0.2) is 4.79 Å². The summed E-state index contributed by atoms with van der Waals surface area (Å²) < 4.78 is 0. The van der Waals surface area contributed by atoms with Gasteiger partial charge in [-0.3, -0.25) is 0 Å². The Balaban J connectivity index is 2.53. The number of carboxylic acid groups (broad SMARTS) is 1. The first-order chi connectivity index (χ1) is 10.4. The molecule has 1 rings (SSSR count). The monoisotopic (exact) mass is 327 g/mol. The summed E-state index contributed by atoms with van der Waals surface area (Å²) in [6.45, 7) is 2.53. The van der Waals surface area contributed by atoms with Crippen molar-refractivity contribution in [2.24, 2.45) is 0 Å². The summed E-state index contributed by atoms with van der Waals surface area (Å²) in [5, 5.41) is 13.3. The molecular weight excluding hydrogens is 302 g/mol. The maximum Gasteiger partial charge on any atom is 0.407 e. The SMILES string of the molecule is CN(C)CCCNCC(Cc1ccc(Cl)cc1)N(C)C(=O)O. The number of benzene rings is 1. The van der Waals surface area contributed by atoms with Crippen LogP contribution in [-0.2, 0) is 6.42 Å². The lowest BCUT2D eigenvalue weighted by Gasteiger charge is -2.26. The van der Waals surface area contributed by atoms with Crippen LogP contribution >= 0.6 is 11.6 Å². The third kappa shape index (κ3) is 7.11. The highest BCUT2D eigenvalue weighted by atomic mass is 35.5. The van der Waals surface area contributed by atoms with Crippen LogP contribution in [0.15, 0.2) is 24.3 Å². The lowest BCUT2D eigenvalue weighted by Crippen LogP contribution is -2.44. The van der Waals surface area contributed by atoms with Gasteiger partial charge in [-0.1, -0.05) is 23.7 Å².